The maximum absolute atomic E-state index is 12.5. The standard InChI is InChI=1S/C19H23N3O4/c23-17(20-13-7-5-12(9-13)18(24)25)11-6-8-16-15(10-11)21-19(26)22(16)14-3-1-2-4-14/h6,8,10,12-14H,1-5,7,9H2,(H,20,23)(H,21,26)(H,24,25)/t12-,13+/m0/s1. The molecule has 0 radical (unpaired) electrons. The first-order valence-electron chi connectivity index (χ1n) is 9.31. The number of nitrogens with one attached hydrogen (secondary N) is 2. The number of carbonyl (C=O) groups is 2. The van der Waals surface area contributed by atoms with Crippen molar-refractivity contribution < 1.29 is 14.7 Å². The second-order valence-electron chi connectivity index (χ2n) is 7.49. The summed E-state index contributed by atoms with van der Waals surface area (Å²) in [5.41, 5.74) is 1.87. The number of amides is 1. The fourth-order valence-corrected chi connectivity index (χ4v) is 4.40. The van der Waals surface area contributed by atoms with Crippen LogP contribution in [0.15, 0.2) is 23.0 Å². The zero-order chi connectivity index (χ0) is 18.3. The van der Waals surface area contributed by atoms with Crippen LogP contribution in [0.3, 0.4) is 0 Å². The van der Waals surface area contributed by atoms with E-state index in [4.69, 9.17) is 5.11 Å². The third-order valence-electron chi connectivity index (χ3n) is 5.79. The van der Waals surface area contributed by atoms with E-state index in [1.54, 1.807) is 12.1 Å². The van der Waals surface area contributed by atoms with Crippen molar-refractivity contribution in [3.8, 4) is 0 Å². The van der Waals surface area contributed by atoms with E-state index in [1.165, 1.54) is 0 Å². The number of rotatable bonds is 4. The molecule has 138 valence electrons. The number of benzene rings is 1. The molecule has 0 aliphatic heterocycles. The van der Waals surface area contributed by atoms with Gasteiger partial charge >= 0.3 is 11.7 Å². The summed E-state index contributed by atoms with van der Waals surface area (Å²) in [7, 11) is 0. The molecule has 0 spiro atoms. The SMILES string of the molecule is O=C(N[C@@H]1CC[C@H](C(=O)O)C1)c1ccc2c(c1)[nH]c(=O)n2C1CCCC1. The number of nitrogens with zero attached hydrogens (tertiary/aromatic N) is 1. The van der Waals surface area contributed by atoms with Crippen LogP contribution in [0.2, 0.25) is 0 Å². The molecule has 0 saturated heterocycles. The van der Waals surface area contributed by atoms with Gasteiger partial charge in [-0.1, -0.05) is 12.8 Å². The van der Waals surface area contributed by atoms with Gasteiger partial charge in [-0.25, -0.2) is 4.79 Å². The number of H-pyrrole nitrogens is 1. The highest BCUT2D eigenvalue weighted by molar-refractivity contribution is 5.97. The highest BCUT2D eigenvalue weighted by Gasteiger charge is 2.30. The van der Waals surface area contributed by atoms with Crippen LogP contribution in [0, 0.1) is 5.92 Å². The topological polar surface area (TPSA) is 104 Å². The molecule has 1 aromatic carbocycles. The average Bonchev–Trinajstić information content (AvgIpc) is 3.32. The van der Waals surface area contributed by atoms with Crippen molar-refractivity contribution in [1.82, 2.24) is 14.9 Å². The molecular formula is C19H23N3O4. The molecule has 2 saturated carbocycles. The molecule has 2 fully saturated rings. The van der Waals surface area contributed by atoms with E-state index in [1.807, 2.05) is 10.6 Å². The monoisotopic (exact) mass is 357 g/mol. The molecule has 2 aromatic rings. The van der Waals surface area contributed by atoms with E-state index in [-0.39, 0.29) is 29.6 Å². The Kier molecular flexibility index (Phi) is 4.30. The van der Waals surface area contributed by atoms with Gasteiger partial charge in [-0.2, -0.15) is 0 Å². The van der Waals surface area contributed by atoms with Crippen LogP contribution in [0.25, 0.3) is 11.0 Å². The summed E-state index contributed by atoms with van der Waals surface area (Å²) in [5, 5.41) is 12.0. The van der Waals surface area contributed by atoms with E-state index in [9.17, 15) is 14.4 Å². The Balaban J connectivity index is 1.53. The van der Waals surface area contributed by atoms with Gasteiger partial charge in [-0.05, 0) is 50.3 Å². The number of aromatic nitrogens is 2. The molecule has 0 unspecified atom stereocenters. The van der Waals surface area contributed by atoms with Gasteiger partial charge in [-0.3, -0.25) is 14.2 Å². The third-order valence-corrected chi connectivity index (χ3v) is 5.79. The fraction of sp³-hybridized carbons (Fsp3) is 0.526. The lowest BCUT2D eigenvalue weighted by Gasteiger charge is -2.13. The van der Waals surface area contributed by atoms with Crippen LogP contribution >= 0.6 is 0 Å². The Morgan fingerprint density at radius 3 is 2.62 bits per heavy atom. The maximum Gasteiger partial charge on any atom is 0.326 e. The zero-order valence-electron chi connectivity index (χ0n) is 14.5. The van der Waals surface area contributed by atoms with Crippen molar-refractivity contribution in [2.24, 2.45) is 5.92 Å². The summed E-state index contributed by atoms with van der Waals surface area (Å²) in [5.74, 6) is -1.40. The number of carboxylic acid groups (broad SMARTS) is 1. The smallest absolute Gasteiger partial charge is 0.326 e. The molecule has 7 heteroatoms. The number of aliphatic carboxylic acids is 1. The van der Waals surface area contributed by atoms with E-state index < -0.39 is 5.97 Å². The molecule has 2 aliphatic rings. The Labute approximate surface area is 150 Å². The molecular weight excluding hydrogens is 334 g/mol. The summed E-state index contributed by atoms with van der Waals surface area (Å²) in [6.45, 7) is 0. The van der Waals surface area contributed by atoms with Crippen molar-refractivity contribution in [3.63, 3.8) is 0 Å². The molecule has 1 heterocycles. The molecule has 0 bridgehead atoms. The first-order chi connectivity index (χ1) is 12.5. The van der Waals surface area contributed by atoms with E-state index in [0.29, 0.717) is 30.3 Å². The number of carboxylic acids is 1. The van der Waals surface area contributed by atoms with Crippen molar-refractivity contribution in [1.29, 1.82) is 0 Å². The molecule has 4 rings (SSSR count). The predicted octanol–water partition coefficient (Wildman–Crippen LogP) is 2.43. The number of hydrogen-bond donors (Lipinski definition) is 3. The van der Waals surface area contributed by atoms with Crippen LogP contribution in [0.4, 0.5) is 0 Å². The van der Waals surface area contributed by atoms with Crippen molar-refractivity contribution in [2.75, 3.05) is 0 Å². The quantitative estimate of drug-likeness (QED) is 0.781. The number of fused-ring (bicyclic) bond motifs is 1. The lowest BCUT2D eigenvalue weighted by Crippen LogP contribution is -2.33. The summed E-state index contributed by atoms with van der Waals surface area (Å²) in [6.07, 6.45) is 6.06. The Morgan fingerprint density at radius 1 is 1.15 bits per heavy atom. The van der Waals surface area contributed by atoms with Gasteiger partial charge < -0.3 is 15.4 Å². The van der Waals surface area contributed by atoms with Gasteiger partial charge in [0.25, 0.3) is 5.91 Å². The highest BCUT2D eigenvalue weighted by Crippen LogP contribution is 2.31. The van der Waals surface area contributed by atoms with Gasteiger partial charge in [-0.15, -0.1) is 0 Å². The van der Waals surface area contributed by atoms with Gasteiger partial charge in [0.2, 0.25) is 0 Å². The van der Waals surface area contributed by atoms with Gasteiger partial charge in [0.1, 0.15) is 0 Å². The molecule has 7 nitrogen and oxygen atoms in total. The van der Waals surface area contributed by atoms with Crippen LogP contribution < -0.4 is 11.0 Å². The van der Waals surface area contributed by atoms with Gasteiger partial charge in [0.15, 0.2) is 0 Å². The first kappa shape index (κ1) is 16.9. The van der Waals surface area contributed by atoms with Crippen LogP contribution in [0.1, 0.15) is 61.3 Å². The van der Waals surface area contributed by atoms with E-state index in [2.05, 4.69) is 10.3 Å². The molecule has 1 amide bonds. The first-order valence-corrected chi connectivity index (χ1v) is 9.31. The second kappa shape index (κ2) is 6.63. The third kappa shape index (κ3) is 3.02. The zero-order valence-corrected chi connectivity index (χ0v) is 14.5. The minimum absolute atomic E-state index is 0.110. The van der Waals surface area contributed by atoms with Crippen LogP contribution in [0.5, 0.6) is 0 Å². The molecule has 3 N–H and O–H groups in total. The van der Waals surface area contributed by atoms with Gasteiger partial charge in [0.05, 0.1) is 17.0 Å². The average molecular weight is 357 g/mol. The Hall–Kier alpha value is -2.57. The minimum atomic E-state index is -0.797. The summed E-state index contributed by atoms with van der Waals surface area (Å²) >= 11 is 0. The highest BCUT2D eigenvalue weighted by atomic mass is 16.4. The minimum Gasteiger partial charge on any atom is -0.481 e. The number of hydrogen-bond acceptors (Lipinski definition) is 3. The van der Waals surface area contributed by atoms with Crippen LogP contribution in [-0.2, 0) is 4.79 Å². The maximum atomic E-state index is 12.5. The number of aromatic amines is 1. The van der Waals surface area contributed by atoms with Gasteiger partial charge in [0, 0.05) is 17.6 Å². The predicted molar refractivity (Wildman–Crippen MR) is 96.3 cm³/mol. The van der Waals surface area contributed by atoms with Crippen molar-refractivity contribution in [2.45, 2.75) is 57.0 Å². The Morgan fingerprint density at radius 2 is 1.92 bits per heavy atom. The van der Waals surface area contributed by atoms with Crippen molar-refractivity contribution in [3.05, 3.63) is 34.2 Å². The van der Waals surface area contributed by atoms with E-state index in [0.717, 1.165) is 31.2 Å². The molecule has 1 aromatic heterocycles. The summed E-state index contributed by atoms with van der Waals surface area (Å²) in [4.78, 5) is 38.8. The normalized spacial score (nSPS) is 23.5. The van der Waals surface area contributed by atoms with Crippen molar-refractivity contribution >= 4 is 22.9 Å². The molecule has 26 heavy (non-hydrogen) atoms. The number of imidazole rings is 1. The molecule has 2 atom stereocenters. The second-order valence-corrected chi connectivity index (χ2v) is 7.49. The van der Waals surface area contributed by atoms with Crippen LogP contribution in [-0.4, -0.2) is 32.6 Å². The Bertz CT molecular complexity index is 907. The lowest BCUT2D eigenvalue weighted by molar-refractivity contribution is -0.141. The van der Waals surface area contributed by atoms with E-state index >= 15 is 0 Å². The molecule has 2 aliphatic carbocycles. The summed E-state index contributed by atoms with van der Waals surface area (Å²) < 4.78 is 1.82. The fourth-order valence-electron chi connectivity index (χ4n) is 4.40. The summed E-state index contributed by atoms with van der Waals surface area (Å²) in [6, 6.07) is 5.40. The largest absolute Gasteiger partial charge is 0.481 e. The number of carbonyl (C=O) groups excluding carboxylic acids is 1. The lowest BCUT2D eigenvalue weighted by atomic mass is 10.1.